The van der Waals surface area contributed by atoms with Gasteiger partial charge in [0.25, 0.3) is 0 Å². The predicted molar refractivity (Wildman–Crippen MR) is 144 cm³/mol. The number of carbonyl (C=O) groups excluding carboxylic acids is 1. The second kappa shape index (κ2) is 14.3. The van der Waals surface area contributed by atoms with Crippen LogP contribution in [-0.2, 0) is 4.74 Å². The number of piperidine rings is 2. The average Bonchev–Trinajstić information content (AvgIpc) is 2.68. The predicted octanol–water partition coefficient (Wildman–Crippen LogP) is 4.24. The third-order valence-electron chi connectivity index (χ3n) is 5.74. The van der Waals surface area contributed by atoms with Gasteiger partial charge >= 0.3 is 6.09 Å². The third-order valence-corrected chi connectivity index (χ3v) is 5.74. The summed E-state index contributed by atoms with van der Waals surface area (Å²) in [6.07, 6.45) is 5.26. The second-order valence-electron chi connectivity index (χ2n) is 10.1. The molecule has 2 fully saturated rings. The smallest absolute Gasteiger partial charge is 0.410 e. The van der Waals surface area contributed by atoms with E-state index in [9.17, 15) is 4.79 Å². The minimum Gasteiger partial charge on any atom is -0.444 e. The highest BCUT2D eigenvalue weighted by molar-refractivity contribution is 14.0. The average molecular weight is 564 g/mol. The number of ether oxygens (including phenoxy) is 1. The maximum atomic E-state index is 12.4. The van der Waals surface area contributed by atoms with E-state index in [1.54, 1.807) is 0 Å². The van der Waals surface area contributed by atoms with Gasteiger partial charge in [0.2, 0.25) is 0 Å². The number of guanidine groups is 1. The Balaban J connectivity index is 0.00000512. The molecule has 32 heavy (non-hydrogen) atoms. The zero-order valence-corrected chi connectivity index (χ0v) is 23.2. The molecule has 0 saturated carbocycles. The summed E-state index contributed by atoms with van der Waals surface area (Å²) < 4.78 is 5.54. The van der Waals surface area contributed by atoms with E-state index < -0.39 is 5.60 Å². The van der Waals surface area contributed by atoms with Crippen molar-refractivity contribution in [1.82, 2.24) is 20.4 Å². The quantitative estimate of drug-likeness (QED) is 0.210. The molecule has 8 heteroatoms. The Morgan fingerprint density at radius 3 is 2.47 bits per heavy atom. The molecule has 0 aromatic carbocycles. The van der Waals surface area contributed by atoms with Crippen molar-refractivity contribution in [3.63, 3.8) is 0 Å². The van der Waals surface area contributed by atoms with Gasteiger partial charge in [-0.1, -0.05) is 12.2 Å². The maximum Gasteiger partial charge on any atom is 0.410 e. The van der Waals surface area contributed by atoms with Gasteiger partial charge in [0.05, 0.1) is 0 Å². The van der Waals surface area contributed by atoms with E-state index in [1.165, 1.54) is 5.57 Å². The molecular weight excluding hydrogens is 517 g/mol. The lowest BCUT2D eigenvalue weighted by Crippen LogP contribution is -2.49. The van der Waals surface area contributed by atoms with Crippen molar-refractivity contribution in [1.29, 1.82) is 0 Å². The Kier molecular flexibility index (Phi) is 12.9. The Morgan fingerprint density at radius 1 is 1.19 bits per heavy atom. The van der Waals surface area contributed by atoms with Crippen LogP contribution in [0.4, 0.5) is 4.79 Å². The van der Waals surface area contributed by atoms with Gasteiger partial charge in [0.15, 0.2) is 5.96 Å². The van der Waals surface area contributed by atoms with Crippen molar-refractivity contribution in [2.75, 3.05) is 45.8 Å². The number of nitrogens with zero attached hydrogens (tertiary/aromatic N) is 3. The van der Waals surface area contributed by atoms with Crippen LogP contribution >= 0.6 is 24.0 Å². The Hall–Kier alpha value is -1.03. The molecule has 0 bridgehead atoms. The van der Waals surface area contributed by atoms with E-state index >= 15 is 0 Å². The first kappa shape index (κ1) is 29.0. The first-order valence-electron chi connectivity index (χ1n) is 12.1. The largest absolute Gasteiger partial charge is 0.444 e. The minimum absolute atomic E-state index is 0. The van der Waals surface area contributed by atoms with Gasteiger partial charge in [-0.3, -0.25) is 9.89 Å². The molecule has 0 aromatic heterocycles. The van der Waals surface area contributed by atoms with Crippen LogP contribution in [0.1, 0.15) is 66.7 Å². The van der Waals surface area contributed by atoms with Gasteiger partial charge in [-0.25, -0.2) is 4.79 Å². The summed E-state index contributed by atoms with van der Waals surface area (Å²) in [6, 6.07) is 0.469. The third kappa shape index (κ3) is 11.2. The fourth-order valence-corrected chi connectivity index (χ4v) is 4.28. The van der Waals surface area contributed by atoms with Gasteiger partial charge in [-0.2, -0.15) is 0 Å². The summed E-state index contributed by atoms with van der Waals surface area (Å²) in [5.41, 5.74) is 0.788. The summed E-state index contributed by atoms with van der Waals surface area (Å²) in [5, 5.41) is 7.02. The van der Waals surface area contributed by atoms with Crippen LogP contribution in [0.25, 0.3) is 0 Å². The monoisotopic (exact) mass is 563 g/mol. The number of halogens is 1. The van der Waals surface area contributed by atoms with Crippen LogP contribution in [0, 0.1) is 5.92 Å². The molecule has 1 atom stereocenters. The SMILES string of the molecule is C=C(C)CN1CCC(NC(=NCCC2CCCN(C(=O)OC(C)(C)C)C2)NCC)CC1.I. The summed E-state index contributed by atoms with van der Waals surface area (Å²) in [4.78, 5) is 21.6. The molecule has 7 nitrogen and oxygen atoms in total. The normalized spacial score (nSPS) is 21.0. The summed E-state index contributed by atoms with van der Waals surface area (Å²) >= 11 is 0. The fourth-order valence-electron chi connectivity index (χ4n) is 4.28. The molecule has 2 rings (SSSR count). The maximum absolute atomic E-state index is 12.4. The van der Waals surface area contributed by atoms with E-state index in [2.05, 4.69) is 36.0 Å². The molecule has 1 amide bonds. The van der Waals surface area contributed by atoms with E-state index in [-0.39, 0.29) is 30.1 Å². The molecule has 2 N–H and O–H groups in total. The van der Waals surface area contributed by atoms with Crippen LogP contribution in [0.15, 0.2) is 17.1 Å². The summed E-state index contributed by atoms with van der Waals surface area (Å²) in [7, 11) is 0. The van der Waals surface area contributed by atoms with Crippen LogP contribution in [0.3, 0.4) is 0 Å². The lowest BCUT2D eigenvalue weighted by Gasteiger charge is -2.34. The van der Waals surface area contributed by atoms with Crippen LogP contribution in [-0.4, -0.2) is 79.3 Å². The van der Waals surface area contributed by atoms with E-state index in [0.717, 1.165) is 83.9 Å². The highest BCUT2D eigenvalue weighted by atomic mass is 127. The molecule has 2 heterocycles. The van der Waals surface area contributed by atoms with Crippen molar-refractivity contribution in [3.8, 4) is 0 Å². The first-order valence-corrected chi connectivity index (χ1v) is 12.1. The lowest BCUT2D eigenvalue weighted by atomic mass is 9.95. The molecule has 1 unspecified atom stereocenters. The van der Waals surface area contributed by atoms with Gasteiger partial charge in [-0.05, 0) is 72.6 Å². The van der Waals surface area contributed by atoms with Crippen LogP contribution in [0.5, 0.6) is 0 Å². The molecular formula is C24H46IN5O2. The number of hydrogen-bond acceptors (Lipinski definition) is 4. The van der Waals surface area contributed by atoms with Gasteiger partial charge in [0, 0.05) is 51.9 Å². The molecule has 0 aliphatic carbocycles. The zero-order valence-electron chi connectivity index (χ0n) is 20.9. The molecule has 0 aromatic rings. The summed E-state index contributed by atoms with van der Waals surface area (Å²) in [5.74, 6) is 1.40. The van der Waals surface area contributed by atoms with Crippen molar-refractivity contribution in [2.45, 2.75) is 78.4 Å². The van der Waals surface area contributed by atoms with Gasteiger partial charge in [0.1, 0.15) is 5.60 Å². The molecule has 0 spiro atoms. The molecule has 2 aliphatic rings. The topological polar surface area (TPSA) is 69.2 Å². The van der Waals surface area contributed by atoms with Crippen molar-refractivity contribution in [2.24, 2.45) is 10.9 Å². The van der Waals surface area contributed by atoms with Crippen LogP contribution in [0.2, 0.25) is 0 Å². The minimum atomic E-state index is -0.443. The van der Waals surface area contributed by atoms with Crippen molar-refractivity contribution >= 4 is 36.0 Å². The molecule has 0 radical (unpaired) electrons. The second-order valence-corrected chi connectivity index (χ2v) is 10.1. The highest BCUT2D eigenvalue weighted by Crippen LogP contribution is 2.21. The van der Waals surface area contributed by atoms with E-state index in [0.29, 0.717) is 12.0 Å². The number of nitrogens with one attached hydrogen (secondary N) is 2. The first-order chi connectivity index (χ1) is 14.7. The van der Waals surface area contributed by atoms with Crippen molar-refractivity contribution in [3.05, 3.63) is 12.2 Å². The van der Waals surface area contributed by atoms with Gasteiger partial charge < -0.3 is 20.3 Å². The van der Waals surface area contributed by atoms with Crippen molar-refractivity contribution < 1.29 is 9.53 Å². The highest BCUT2D eigenvalue weighted by Gasteiger charge is 2.27. The number of carbonyl (C=O) groups is 1. The van der Waals surface area contributed by atoms with E-state index in [1.807, 2.05) is 25.7 Å². The number of hydrogen-bond donors (Lipinski definition) is 2. The lowest BCUT2D eigenvalue weighted by molar-refractivity contribution is 0.0163. The number of aliphatic imine (C=N–C) groups is 1. The van der Waals surface area contributed by atoms with Crippen LogP contribution < -0.4 is 10.6 Å². The van der Waals surface area contributed by atoms with E-state index in [4.69, 9.17) is 9.73 Å². The number of amides is 1. The molecule has 2 aliphatic heterocycles. The Bertz CT molecular complexity index is 612. The fraction of sp³-hybridized carbons (Fsp3) is 0.833. The molecule has 186 valence electrons. The van der Waals surface area contributed by atoms with Gasteiger partial charge in [-0.15, -0.1) is 24.0 Å². The standard InChI is InChI=1S/C24H45N5O2.HI/c1-7-25-22(27-21-11-15-28(16-12-21)17-19(2)3)26-13-10-20-9-8-14-29(18-20)23(30)31-24(4,5)6;/h20-21H,2,7-18H2,1,3-6H3,(H2,25,26,27);1H. The number of rotatable bonds is 7. The zero-order chi connectivity index (χ0) is 22.9. The summed E-state index contributed by atoms with van der Waals surface area (Å²) in [6.45, 7) is 20.4. The number of likely N-dealkylation sites (tertiary alicyclic amines) is 2. The Morgan fingerprint density at radius 2 is 1.88 bits per heavy atom. The Labute approximate surface area is 212 Å². The molecule has 2 saturated heterocycles.